The molecule has 4 rings (SSSR count). The lowest BCUT2D eigenvalue weighted by Gasteiger charge is -2.16. The van der Waals surface area contributed by atoms with Crippen molar-refractivity contribution in [1.82, 2.24) is 10.1 Å². The monoisotopic (exact) mass is 329 g/mol. The van der Waals surface area contributed by atoms with Crippen molar-refractivity contribution in [1.29, 1.82) is 0 Å². The van der Waals surface area contributed by atoms with Crippen molar-refractivity contribution in [3.05, 3.63) is 48.1 Å². The molecule has 0 saturated carbocycles. The molecular formula is C16H15N3O3S. The highest BCUT2D eigenvalue weighted by atomic mass is 32.2. The molecule has 0 fully saturated rings. The van der Waals surface area contributed by atoms with Gasteiger partial charge in [0.05, 0.1) is 10.6 Å². The van der Waals surface area contributed by atoms with Gasteiger partial charge in [-0.3, -0.25) is 4.31 Å². The summed E-state index contributed by atoms with van der Waals surface area (Å²) in [6, 6.07) is 10.9. The van der Waals surface area contributed by atoms with Gasteiger partial charge in [-0.2, -0.15) is 4.98 Å². The number of hydrogen-bond acceptors (Lipinski definition) is 5. The molecule has 7 heteroatoms. The maximum absolute atomic E-state index is 12.8. The number of benzene rings is 2. The predicted molar refractivity (Wildman–Crippen MR) is 85.7 cm³/mol. The maximum atomic E-state index is 12.8. The zero-order valence-corrected chi connectivity index (χ0v) is 13.5. The van der Waals surface area contributed by atoms with E-state index in [4.69, 9.17) is 4.52 Å². The first-order valence-corrected chi connectivity index (χ1v) is 8.79. The van der Waals surface area contributed by atoms with Crippen LogP contribution in [0, 0.1) is 0 Å². The summed E-state index contributed by atoms with van der Waals surface area (Å²) in [5, 5.41) is 5.55. The minimum Gasteiger partial charge on any atom is -0.337 e. The van der Waals surface area contributed by atoms with E-state index < -0.39 is 10.0 Å². The molecule has 0 bridgehead atoms. The van der Waals surface area contributed by atoms with Crippen LogP contribution in [0.2, 0.25) is 0 Å². The van der Waals surface area contributed by atoms with E-state index in [0.29, 0.717) is 22.3 Å². The summed E-state index contributed by atoms with van der Waals surface area (Å²) in [6.07, 6.45) is 0. The number of nitrogens with zero attached hydrogens (tertiary/aromatic N) is 3. The summed E-state index contributed by atoms with van der Waals surface area (Å²) in [5.74, 6) is 0.998. The molecule has 0 radical (unpaired) electrons. The minimum absolute atomic E-state index is 0.0375. The number of anilines is 1. The van der Waals surface area contributed by atoms with Gasteiger partial charge in [0.2, 0.25) is 5.89 Å². The highest BCUT2D eigenvalue weighted by Crippen LogP contribution is 2.42. The molecule has 2 aromatic carbocycles. The van der Waals surface area contributed by atoms with E-state index in [9.17, 15) is 8.42 Å². The third-order valence-corrected chi connectivity index (χ3v) is 5.76. The minimum atomic E-state index is -3.60. The van der Waals surface area contributed by atoms with E-state index in [0.717, 1.165) is 10.8 Å². The van der Waals surface area contributed by atoms with Crippen LogP contribution in [0.1, 0.15) is 31.5 Å². The fourth-order valence-corrected chi connectivity index (χ4v) is 4.48. The van der Waals surface area contributed by atoms with Crippen LogP contribution in [0.3, 0.4) is 0 Å². The molecule has 2 heterocycles. The molecular weight excluding hydrogens is 314 g/mol. The van der Waals surface area contributed by atoms with Gasteiger partial charge in [-0.15, -0.1) is 0 Å². The molecule has 0 unspecified atom stereocenters. The average Bonchev–Trinajstić information content (AvgIpc) is 3.07. The molecule has 3 aromatic rings. The smallest absolute Gasteiger partial charge is 0.265 e. The van der Waals surface area contributed by atoms with Gasteiger partial charge in [0, 0.05) is 11.3 Å². The first-order valence-electron chi connectivity index (χ1n) is 7.35. The Bertz CT molecular complexity index is 1000. The molecule has 1 aliphatic heterocycles. The Morgan fingerprint density at radius 3 is 2.61 bits per heavy atom. The standard InChI is InChI=1S/C16H15N3O3S/c1-10(2)16-17-14(22-18-16)9-19-12-7-3-5-11-6-4-8-13(15(11)12)23(19,20)21/h3-8,10H,9H2,1-2H3. The van der Waals surface area contributed by atoms with E-state index in [2.05, 4.69) is 10.1 Å². The second-order valence-electron chi connectivity index (χ2n) is 5.84. The Kier molecular flexibility index (Phi) is 2.96. The topological polar surface area (TPSA) is 76.3 Å². The van der Waals surface area contributed by atoms with Crippen molar-refractivity contribution in [2.24, 2.45) is 0 Å². The maximum Gasteiger partial charge on any atom is 0.265 e. The lowest BCUT2D eigenvalue weighted by Crippen LogP contribution is -2.26. The Labute approximate surface area is 133 Å². The molecule has 1 aromatic heterocycles. The lowest BCUT2D eigenvalue weighted by atomic mass is 10.1. The second kappa shape index (κ2) is 4.79. The fraction of sp³-hybridized carbons (Fsp3) is 0.250. The van der Waals surface area contributed by atoms with Gasteiger partial charge < -0.3 is 4.52 Å². The van der Waals surface area contributed by atoms with Crippen LogP contribution in [-0.4, -0.2) is 18.6 Å². The van der Waals surface area contributed by atoms with Gasteiger partial charge in [0.15, 0.2) is 5.82 Å². The van der Waals surface area contributed by atoms with Gasteiger partial charge in [-0.1, -0.05) is 43.3 Å². The van der Waals surface area contributed by atoms with Gasteiger partial charge in [-0.25, -0.2) is 8.42 Å². The van der Waals surface area contributed by atoms with Crippen LogP contribution in [0.4, 0.5) is 5.69 Å². The third kappa shape index (κ3) is 2.03. The highest BCUT2D eigenvalue weighted by molar-refractivity contribution is 7.93. The predicted octanol–water partition coefficient (Wildman–Crippen LogP) is 3.06. The molecule has 0 atom stereocenters. The zero-order chi connectivity index (χ0) is 16.2. The Morgan fingerprint density at radius 2 is 1.91 bits per heavy atom. The molecule has 23 heavy (non-hydrogen) atoms. The zero-order valence-electron chi connectivity index (χ0n) is 12.7. The summed E-state index contributed by atoms with van der Waals surface area (Å²) in [4.78, 5) is 4.61. The first kappa shape index (κ1) is 14.2. The fourth-order valence-electron chi connectivity index (χ4n) is 2.82. The summed E-state index contributed by atoms with van der Waals surface area (Å²) in [6.45, 7) is 3.95. The Balaban J connectivity index is 1.82. The van der Waals surface area contributed by atoms with Crippen molar-refractivity contribution >= 4 is 26.5 Å². The average molecular weight is 329 g/mol. The quantitative estimate of drug-likeness (QED) is 0.738. The summed E-state index contributed by atoms with van der Waals surface area (Å²) in [5.41, 5.74) is 0.655. The molecule has 0 saturated heterocycles. The molecule has 0 aliphatic carbocycles. The molecule has 0 N–H and O–H groups in total. The number of aromatic nitrogens is 2. The first-order chi connectivity index (χ1) is 11.0. The third-order valence-electron chi connectivity index (χ3n) is 3.96. The summed E-state index contributed by atoms with van der Waals surface area (Å²) in [7, 11) is -3.60. The molecule has 0 spiro atoms. The largest absolute Gasteiger partial charge is 0.337 e. The summed E-state index contributed by atoms with van der Waals surface area (Å²) < 4.78 is 32.2. The number of rotatable bonds is 3. The van der Waals surface area contributed by atoms with Crippen molar-refractivity contribution in [2.75, 3.05) is 4.31 Å². The van der Waals surface area contributed by atoms with Crippen LogP contribution < -0.4 is 4.31 Å². The lowest BCUT2D eigenvalue weighted by molar-refractivity contribution is 0.373. The van der Waals surface area contributed by atoms with E-state index >= 15 is 0 Å². The number of hydrogen-bond donors (Lipinski definition) is 0. The van der Waals surface area contributed by atoms with E-state index in [-0.39, 0.29) is 12.5 Å². The second-order valence-corrected chi connectivity index (χ2v) is 7.67. The van der Waals surface area contributed by atoms with Crippen LogP contribution >= 0.6 is 0 Å². The number of sulfonamides is 1. The van der Waals surface area contributed by atoms with Crippen LogP contribution in [0.5, 0.6) is 0 Å². The van der Waals surface area contributed by atoms with E-state index in [1.807, 2.05) is 32.0 Å². The Morgan fingerprint density at radius 1 is 1.17 bits per heavy atom. The van der Waals surface area contributed by atoms with Gasteiger partial charge in [0.1, 0.15) is 6.54 Å². The summed E-state index contributed by atoms with van der Waals surface area (Å²) >= 11 is 0. The Hall–Kier alpha value is -2.41. The molecule has 6 nitrogen and oxygen atoms in total. The SMILES string of the molecule is CC(C)c1noc(CN2c3cccc4cccc(c34)S2(=O)=O)n1. The van der Waals surface area contributed by atoms with Crippen LogP contribution in [0.15, 0.2) is 45.8 Å². The van der Waals surface area contributed by atoms with E-state index in [1.165, 1.54) is 4.31 Å². The van der Waals surface area contributed by atoms with Crippen molar-refractivity contribution < 1.29 is 12.9 Å². The molecule has 0 amide bonds. The van der Waals surface area contributed by atoms with Crippen molar-refractivity contribution in [3.63, 3.8) is 0 Å². The van der Waals surface area contributed by atoms with Gasteiger partial charge in [0.25, 0.3) is 10.0 Å². The van der Waals surface area contributed by atoms with Crippen molar-refractivity contribution in [3.8, 4) is 0 Å². The van der Waals surface area contributed by atoms with Crippen LogP contribution in [0.25, 0.3) is 10.8 Å². The van der Waals surface area contributed by atoms with E-state index in [1.54, 1.807) is 18.2 Å². The normalized spacial score (nSPS) is 15.7. The van der Waals surface area contributed by atoms with Crippen molar-refractivity contribution in [2.45, 2.75) is 31.2 Å². The molecule has 1 aliphatic rings. The molecule has 118 valence electrons. The van der Waals surface area contributed by atoms with Gasteiger partial charge in [-0.05, 0) is 17.5 Å². The van der Waals surface area contributed by atoms with Crippen LogP contribution in [-0.2, 0) is 16.6 Å². The van der Waals surface area contributed by atoms with Gasteiger partial charge >= 0.3 is 0 Å². The highest BCUT2D eigenvalue weighted by Gasteiger charge is 2.36.